The molecule has 0 spiro atoms. The van der Waals surface area contributed by atoms with Crippen molar-refractivity contribution < 1.29 is 28.6 Å². The van der Waals surface area contributed by atoms with Gasteiger partial charge in [0.05, 0.1) is 6.54 Å². The zero-order chi connectivity index (χ0) is 15.4. The number of carboxylic acids is 1. The number of aliphatic carboxylic acids is 1. The Hall–Kier alpha value is -2.15. The molecule has 114 valence electrons. The summed E-state index contributed by atoms with van der Waals surface area (Å²) in [5, 5.41) is 9.14. The molecule has 0 radical (unpaired) electrons. The lowest BCUT2D eigenvalue weighted by atomic mass is 10.1. The molecule has 1 aliphatic heterocycles. The summed E-state index contributed by atoms with van der Waals surface area (Å²) in [7, 11) is 1.21. The van der Waals surface area contributed by atoms with Crippen molar-refractivity contribution in [1.82, 2.24) is 4.90 Å². The average molecular weight is 297 g/mol. The first-order valence-electron chi connectivity index (χ1n) is 6.41. The van der Waals surface area contributed by atoms with E-state index < -0.39 is 30.4 Å². The first-order valence-corrected chi connectivity index (χ1v) is 6.41. The normalized spacial score (nSPS) is 24.9. The number of carboxylic acid groups (broad SMARTS) is 1. The van der Waals surface area contributed by atoms with Crippen LogP contribution in [0.1, 0.15) is 5.56 Å². The second kappa shape index (κ2) is 6.53. The van der Waals surface area contributed by atoms with Crippen LogP contribution >= 0.6 is 0 Å². The van der Waals surface area contributed by atoms with Crippen LogP contribution in [0.25, 0.3) is 0 Å². The number of rotatable bonds is 4. The first-order chi connectivity index (χ1) is 10.0. The van der Waals surface area contributed by atoms with Gasteiger partial charge in [0.25, 0.3) is 0 Å². The molecule has 6 nitrogen and oxygen atoms in total. The molecule has 7 heteroatoms. The molecule has 0 aromatic heterocycles. The van der Waals surface area contributed by atoms with Crippen LogP contribution in [0.3, 0.4) is 0 Å². The van der Waals surface area contributed by atoms with Crippen molar-refractivity contribution >= 4 is 12.1 Å². The van der Waals surface area contributed by atoms with Crippen molar-refractivity contribution in [2.24, 2.45) is 0 Å². The van der Waals surface area contributed by atoms with Crippen molar-refractivity contribution in [2.75, 3.05) is 13.7 Å². The van der Waals surface area contributed by atoms with E-state index in [2.05, 4.69) is 0 Å². The van der Waals surface area contributed by atoms with Crippen molar-refractivity contribution in [3.05, 3.63) is 35.9 Å². The Morgan fingerprint density at radius 1 is 1.38 bits per heavy atom. The fourth-order valence-corrected chi connectivity index (χ4v) is 2.32. The van der Waals surface area contributed by atoms with Crippen LogP contribution in [0.15, 0.2) is 30.3 Å². The summed E-state index contributed by atoms with van der Waals surface area (Å²) in [6, 6.07) is 7.55. The predicted molar refractivity (Wildman–Crippen MR) is 70.4 cm³/mol. The van der Waals surface area contributed by atoms with Gasteiger partial charge in [-0.15, -0.1) is 0 Å². The first kappa shape index (κ1) is 15.2. The fourth-order valence-electron chi connectivity index (χ4n) is 2.32. The maximum atomic E-state index is 13.7. The number of ether oxygens (including phenoxy) is 2. The SMILES string of the molecule is CO[C@@H]1[C@@H](F)CN(C(=O)OCc2ccccc2)[C@H]1C(=O)O. The summed E-state index contributed by atoms with van der Waals surface area (Å²) >= 11 is 0. The van der Waals surface area contributed by atoms with Gasteiger partial charge in [-0.2, -0.15) is 0 Å². The number of nitrogens with zero attached hydrogens (tertiary/aromatic N) is 1. The quantitative estimate of drug-likeness (QED) is 0.910. The zero-order valence-corrected chi connectivity index (χ0v) is 11.4. The number of alkyl halides is 1. The topological polar surface area (TPSA) is 76.1 Å². The van der Waals surface area contributed by atoms with Gasteiger partial charge >= 0.3 is 12.1 Å². The number of carbonyl (C=O) groups excluding carboxylic acids is 1. The third-order valence-corrected chi connectivity index (χ3v) is 3.34. The van der Waals surface area contributed by atoms with Crippen molar-refractivity contribution in [3.63, 3.8) is 0 Å². The Morgan fingerprint density at radius 2 is 2.05 bits per heavy atom. The third-order valence-electron chi connectivity index (χ3n) is 3.34. The average Bonchev–Trinajstić information content (AvgIpc) is 2.82. The maximum Gasteiger partial charge on any atom is 0.411 e. The Bertz CT molecular complexity index is 509. The molecule has 3 atom stereocenters. The number of methoxy groups -OCH3 is 1. The molecule has 1 saturated heterocycles. The number of hydrogen-bond donors (Lipinski definition) is 1. The molecule has 0 aliphatic carbocycles. The smallest absolute Gasteiger partial charge is 0.411 e. The molecule has 1 heterocycles. The number of likely N-dealkylation sites (tertiary alicyclic amines) is 1. The van der Waals surface area contributed by atoms with Crippen LogP contribution in [-0.2, 0) is 20.9 Å². The van der Waals surface area contributed by atoms with Gasteiger partial charge in [0.15, 0.2) is 6.04 Å². The minimum atomic E-state index is -1.56. The number of hydrogen-bond acceptors (Lipinski definition) is 4. The van der Waals surface area contributed by atoms with E-state index in [0.717, 1.165) is 10.5 Å². The van der Waals surface area contributed by atoms with E-state index in [1.807, 2.05) is 6.07 Å². The molecular weight excluding hydrogens is 281 g/mol. The van der Waals surface area contributed by atoms with Gasteiger partial charge in [0, 0.05) is 7.11 Å². The van der Waals surface area contributed by atoms with Crippen LogP contribution < -0.4 is 0 Å². The Morgan fingerprint density at radius 3 is 2.62 bits per heavy atom. The van der Waals surface area contributed by atoms with E-state index in [4.69, 9.17) is 14.6 Å². The molecule has 1 aliphatic rings. The summed E-state index contributed by atoms with van der Waals surface area (Å²) < 4.78 is 23.6. The van der Waals surface area contributed by atoms with Gasteiger partial charge in [0.2, 0.25) is 0 Å². The van der Waals surface area contributed by atoms with Gasteiger partial charge in [-0.25, -0.2) is 14.0 Å². The summed E-state index contributed by atoms with van der Waals surface area (Å²) in [6.07, 6.45) is -3.61. The van der Waals surface area contributed by atoms with Crippen LogP contribution in [-0.4, -0.2) is 54.0 Å². The predicted octanol–water partition coefficient (Wildman–Crippen LogP) is 1.45. The fraction of sp³-hybridized carbons (Fsp3) is 0.429. The molecule has 21 heavy (non-hydrogen) atoms. The Balaban J connectivity index is 2.02. The highest BCUT2D eigenvalue weighted by Gasteiger charge is 2.49. The molecule has 1 aromatic rings. The molecule has 0 bridgehead atoms. The van der Waals surface area contributed by atoms with Crippen LogP contribution in [0.5, 0.6) is 0 Å². The van der Waals surface area contributed by atoms with Gasteiger partial charge in [-0.3, -0.25) is 4.90 Å². The molecule has 1 aromatic carbocycles. The lowest BCUT2D eigenvalue weighted by Crippen LogP contribution is -2.46. The monoisotopic (exact) mass is 297 g/mol. The Labute approximate surface area is 121 Å². The van der Waals surface area contributed by atoms with E-state index in [1.165, 1.54) is 7.11 Å². The summed E-state index contributed by atoms with van der Waals surface area (Å²) in [4.78, 5) is 24.0. The highest BCUT2D eigenvalue weighted by molar-refractivity contribution is 5.81. The van der Waals surface area contributed by atoms with Crippen LogP contribution in [0, 0.1) is 0 Å². The van der Waals surface area contributed by atoms with Gasteiger partial charge in [0.1, 0.15) is 18.9 Å². The van der Waals surface area contributed by atoms with Crippen molar-refractivity contribution in [2.45, 2.75) is 24.9 Å². The van der Waals surface area contributed by atoms with E-state index in [0.29, 0.717) is 0 Å². The van der Waals surface area contributed by atoms with Crippen LogP contribution in [0.4, 0.5) is 9.18 Å². The third kappa shape index (κ3) is 3.30. The van der Waals surface area contributed by atoms with E-state index in [9.17, 15) is 14.0 Å². The summed E-state index contributed by atoms with van der Waals surface area (Å²) in [5.41, 5.74) is 0.761. The number of amides is 1. The van der Waals surface area contributed by atoms with E-state index >= 15 is 0 Å². The molecule has 1 fully saturated rings. The lowest BCUT2D eigenvalue weighted by Gasteiger charge is -2.22. The number of benzene rings is 1. The minimum absolute atomic E-state index is 0.00286. The number of halogens is 1. The molecule has 1 N–H and O–H groups in total. The summed E-state index contributed by atoms with van der Waals surface area (Å²) in [5.74, 6) is -1.32. The van der Waals surface area contributed by atoms with Gasteiger partial charge < -0.3 is 14.6 Å². The zero-order valence-electron chi connectivity index (χ0n) is 11.4. The summed E-state index contributed by atoms with van der Waals surface area (Å²) in [6.45, 7) is -0.361. The van der Waals surface area contributed by atoms with Gasteiger partial charge in [-0.1, -0.05) is 30.3 Å². The number of carbonyl (C=O) groups is 2. The molecule has 2 rings (SSSR count). The van der Waals surface area contributed by atoms with Crippen LogP contribution in [0.2, 0.25) is 0 Å². The highest BCUT2D eigenvalue weighted by Crippen LogP contribution is 2.25. The minimum Gasteiger partial charge on any atom is -0.480 e. The Kier molecular flexibility index (Phi) is 4.74. The standard InChI is InChI=1S/C14H16FNO5/c1-20-12-10(15)7-16(11(12)13(17)18)14(19)21-8-9-5-3-2-4-6-9/h2-6,10-12H,7-8H2,1H3,(H,17,18)/t10-,11+,12+/m0/s1. The van der Waals surface area contributed by atoms with Gasteiger partial charge in [-0.05, 0) is 5.56 Å². The van der Waals surface area contributed by atoms with Crippen molar-refractivity contribution in [1.29, 1.82) is 0 Å². The maximum absolute atomic E-state index is 13.7. The highest BCUT2D eigenvalue weighted by atomic mass is 19.1. The van der Waals surface area contributed by atoms with E-state index in [-0.39, 0.29) is 13.2 Å². The second-order valence-corrected chi connectivity index (χ2v) is 4.69. The molecule has 0 saturated carbocycles. The lowest BCUT2D eigenvalue weighted by molar-refractivity contribution is -0.145. The molecule has 1 amide bonds. The second-order valence-electron chi connectivity index (χ2n) is 4.69. The molecule has 0 unspecified atom stereocenters. The molecular formula is C14H16FNO5. The largest absolute Gasteiger partial charge is 0.480 e. The van der Waals surface area contributed by atoms with E-state index in [1.54, 1.807) is 24.3 Å². The van der Waals surface area contributed by atoms with Crippen molar-refractivity contribution in [3.8, 4) is 0 Å².